The summed E-state index contributed by atoms with van der Waals surface area (Å²) in [5.41, 5.74) is -1.19. The van der Waals surface area contributed by atoms with E-state index in [0.717, 1.165) is 6.07 Å². The highest BCUT2D eigenvalue weighted by Crippen LogP contribution is 2.25. The van der Waals surface area contributed by atoms with Crippen LogP contribution in [-0.2, 0) is 0 Å². The molecular formula is C6H3BrClF2NO. The number of aromatic amines is 1. The lowest BCUT2D eigenvalue weighted by atomic mass is 10.3. The number of alkyl halides is 2. The zero-order valence-electron chi connectivity index (χ0n) is 5.57. The molecule has 6 heteroatoms. The predicted octanol–water partition coefficient (Wildman–Crippen LogP) is 2.73. The first kappa shape index (κ1) is 9.67. The molecule has 0 saturated carbocycles. The molecule has 1 N–H and O–H groups in total. The SMILES string of the molecule is O=c1[nH]c(Br)cc(C(F)F)c1Cl. The van der Waals surface area contributed by atoms with Gasteiger partial charge in [-0.1, -0.05) is 11.6 Å². The molecule has 0 saturated heterocycles. The molecule has 0 aliphatic carbocycles. The van der Waals surface area contributed by atoms with E-state index >= 15 is 0 Å². The maximum absolute atomic E-state index is 12.1. The zero-order valence-corrected chi connectivity index (χ0v) is 7.92. The fraction of sp³-hybridized carbons (Fsp3) is 0.167. The van der Waals surface area contributed by atoms with Crippen molar-refractivity contribution >= 4 is 27.5 Å². The van der Waals surface area contributed by atoms with Crippen molar-refractivity contribution in [1.82, 2.24) is 4.98 Å². The fourth-order valence-electron chi connectivity index (χ4n) is 0.689. The number of rotatable bonds is 1. The Morgan fingerprint density at radius 2 is 2.17 bits per heavy atom. The van der Waals surface area contributed by atoms with Crippen LogP contribution < -0.4 is 5.56 Å². The number of pyridine rings is 1. The third kappa shape index (κ3) is 1.84. The van der Waals surface area contributed by atoms with E-state index in [9.17, 15) is 13.6 Å². The Labute approximate surface area is 79.7 Å². The fourth-order valence-corrected chi connectivity index (χ4v) is 1.30. The molecule has 0 aromatic carbocycles. The number of aromatic nitrogens is 1. The number of nitrogens with one attached hydrogen (secondary N) is 1. The van der Waals surface area contributed by atoms with Gasteiger partial charge in [-0.25, -0.2) is 8.78 Å². The van der Waals surface area contributed by atoms with Gasteiger partial charge in [0.1, 0.15) is 5.02 Å². The monoisotopic (exact) mass is 257 g/mol. The summed E-state index contributed by atoms with van der Waals surface area (Å²) in [6, 6.07) is 1.08. The average molecular weight is 258 g/mol. The standard InChI is InChI=1S/C6H3BrClF2NO/c7-3-1-2(5(9)10)4(8)6(12)11-3/h1,5H,(H,11,12). The van der Waals surface area contributed by atoms with Crippen LogP contribution in [0.2, 0.25) is 5.02 Å². The Morgan fingerprint density at radius 1 is 1.58 bits per heavy atom. The number of hydrogen-bond acceptors (Lipinski definition) is 1. The summed E-state index contributed by atoms with van der Waals surface area (Å²) in [6.07, 6.45) is -2.74. The zero-order chi connectivity index (χ0) is 9.30. The summed E-state index contributed by atoms with van der Waals surface area (Å²) in [5, 5.41) is -0.465. The first-order valence-corrected chi connectivity index (χ1v) is 4.06. The summed E-state index contributed by atoms with van der Waals surface area (Å²) in [7, 11) is 0. The average Bonchev–Trinajstić information content (AvgIpc) is 1.96. The summed E-state index contributed by atoms with van der Waals surface area (Å²) in [4.78, 5) is 13.0. The van der Waals surface area contributed by atoms with Gasteiger partial charge in [0.25, 0.3) is 12.0 Å². The molecular weight excluding hydrogens is 255 g/mol. The van der Waals surface area contributed by atoms with Crippen molar-refractivity contribution in [1.29, 1.82) is 0 Å². The Bertz CT molecular complexity index is 352. The molecule has 0 aliphatic heterocycles. The van der Waals surface area contributed by atoms with Crippen LogP contribution in [0.25, 0.3) is 0 Å². The van der Waals surface area contributed by atoms with Crippen LogP contribution in [0.4, 0.5) is 8.78 Å². The third-order valence-electron chi connectivity index (χ3n) is 1.20. The lowest BCUT2D eigenvalue weighted by Gasteiger charge is -2.01. The van der Waals surface area contributed by atoms with Crippen LogP contribution in [0.3, 0.4) is 0 Å². The molecule has 1 aromatic rings. The second-order valence-corrected chi connectivity index (χ2v) is 3.25. The van der Waals surface area contributed by atoms with Crippen LogP contribution in [0.1, 0.15) is 12.0 Å². The molecule has 0 unspecified atom stereocenters. The predicted molar refractivity (Wildman–Crippen MR) is 44.7 cm³/mol. The van der Waals surface area contributed by atoms with Crippen LogP contribution in [0, 0.1) is 0 Å². The molecule has 0 atom stereocenters. The minimum absolute atomic E-state index is 0.187. The van der Waals surface area contributed by atoms with Crippen LogP contribution in [0.15, 0.2) is 15.5 Å². The molecule has 0 radical (unpaired) electrons. The normalized spacial score (nSPS) is 10.8. The molecule has 0 spiro atoms. The summed E-state index contributed by atoms with van der Waals surface area (Å²) >= 11 is 8.18. The van der Waals surface area contributed by atoms with Crippen molar-refractivity contribution in [3.05, 3.63) is 31.6 Å². The quantitative estimate of drug-likeness (QED) is 0.772. The van der Waals surface area contributed by atoms with E-state index in [4.69, 9.17) is 11.6 Å². The Hall–Kier alpha value is -0.420. The lowest BCUT2D eigenvalue weighted by Crippen LogP contribution is -2.09. The second-order valence-electron chi connectivity index (χ2n) is 2.02. The molecule has 0 amide bonds. The molecule has 0 aliphatic rings. The van der Waals surface area contributed by atoms with E-state index in [0.29, 0.717) is 0 Å². The van der Waals surface area contributed by atoms with E-state index in [-0.39, 0.29) is 4.60 Å². The number of H-pyrrole nitrogens is 1. The van der Waals surface area contributed by atoms with Crippen molar-refractivity contribution in [2.24, 2.45) is 0 Å². The van der Waals surface area contributed by atoms with Crippen molar-refractivity contribution in [2.45, 2.75) is 6.43 Å². The van der Waals surface area contributed by atoms with Gasteiger partial charge in [0.05, 0.1) is 4.60 Å². The molecule has 12 heavy (non-hydrogen) atoms. The van der Waals surface area contributed by atoms with Crippen LogP contribution >= 0.6 is 27.5 Å². The molecule has 2 nitrogen and oxygen atoms in total. The highest BCUT2D eigenvalue weighted by atomic mass is 79.9. The van der Waals surface area contributed by atoms with E-state index < -0.39 is 22.6 Å². The van der Waals surface area contributed by atoms with E-state index in [1.54, 1.807) is 0 Å². The van der Waals surface area contributed by atoms with Crippen molar-refractivity contribution in [2.75, 3.05) is 0 Å². The first-order chi connectivity index (χ1) is 5.52. The molecule has 0 bridgehead atoms. The molecule has 66 valence electrons. The molecule has 1 aromatic heterocycles. The Balaban J connectivity index is 3.38. The van der Waals surface area contributed by atoms with Gasteiger partial charge in [0.2, 0.25) is 0 Å². The third-order valence-corrected chi connectivity index (χ3v) is 2.02. The molecule has 0 fully saturated rings. The van der Waals surface area contributed by atoms with E-state index in [2.05, 4.69) is 20.9 Å². The van der Waals surface area contributed by atoms with Gasteiger partial charge in [-0.3, -0.25) is 4.79 Å². The van der Waals surface area contributed by atoms with Gasteiger partial charge < -0.3 is 4.98 Å². The summed E-state index contributed by atoms with van der Waals surface area (Å²) < 4.78 is 24.4. The lowest BCUT2D eigenvalue weighted by molar-refractivity contribution is 0.151. The van der Waals surface area contributed by atoms with E-state index in [1.807, 2.05) is 0 Å². The van der Waals surface area contributed by atoms with Gasteiger partial charge in [-0.05, 0) is 22.0 Å². The van der Waals surface area contributed by atoms with E-state index in [1.165, 1.54) is 0 Å². The topological polar surface area (TPSA) is 32.9 Å². The minimum Gasteiger partial charge on any atom is -0.315 e. The van der Waals surface area contributed by atoms with Crippen molar-refractivity contribution in [3.8, 4) is 0 Å². The van der Waals surface area contributed by atoms with Gasteiger partial charge in [-0.15, -0.1) is 0 Å². The molecule has 1 heterocycles. The smallest absolute Gasteiger partial charge is 0.268 e. The maximum Gasteiger partial charge on any atom is 0.268 e. The van der Waals surface area contributed by atoms with Gasteiger partial charge in [0, 0.05) is 5.56 Å². The summed E-state index contributed by atoms with van der Waals surface area (Å²) in [6.45, 7) is 0. The van der Waals surface area contributed by atoms with Gasteiger partial charge >= 0.3 is 0 Å². The highest BCUT2D eigenvalue weighted by molar-refractivity contribution is 9.10. The molecule has 1 rings (SSSR count). The van der Waals surface area contributed by atoms with Crippen LogP contribution in [0.5, 0.6) is 0 Å². The summed E-state index contributed by atoms with van der Waals surface area (Å²) in [5.74, 6) is 0. The van der Waals surface area contributed by atoms with Crippen LogP contribution in [-0.4, -0.2) is 4.98 Å². The number of hydrogen-bond donors (Lipinski definition) is 1. The largest absolute Gasteiger partial charge is 0.315 e. The van der Waals surface area contributed by atoms with Gasteiger partial charge in [-0.2, -0.15) is 0 Å². The minimum atomic E-state index is -2.74. The van der Waals surface area contributed by atoms with Crippen molar-refractivity contribution < 1.29 is 8.78 Å². The van der Waals surface area contributed by atoms with Gasteiger partial charge in [0.15, 0.2) is 0 Å². The Kier molecular flexibility index (Phi) is 2.85. The number of halogens is 4. The second kappa shape index (κ2) is 3.53. The first-order valence-electron chi connectivity index (χ1n) is 2.88. The Morgan fingerprint density at radius 3 is 2.67 bits per heavy atom. The maximum atomic E-state index is 12.1. The highest BCUT2D eigenvalue weighted by Gasteiger charge is 2.14. The van der Waals surface area contributed by atoms with Crippen molar-refractivity contribution in [3.63, 3.8) is 0 Å².